The maximum absolute atomic E-state index is 13.4. The molecule has 1 aliphatic rings. The summed E-state index contributed by atoms with van der Waals surface area (Å²) in [6.45, 7) is 5.96. The van der Waals surface area contributed by atoms with Crippen LogP contribution < -0.4 is 5.32 Å². The summed E-state index contributed by atoms with van der Waals surface area (Å²) >= 11 is 0. The predicted molar refractivity (Wildman–Crippen MR) is 148 cm³/mol. The molecule has 7 nitrogen and oxygen atoms in total. The van der Waals surface area contributed by atoms with Crippen molar-refractivity contribution in [3.63, 3.8) is 0 Å². The molecule has 4 N–H and O–H groups in total. The van der Waals surface area contributed by atoms with E-state index in [1.807, 2.05) is 51.1 Å². The summed E-state index contributed by atoms with van der Waals surface area (Å²) in [7, 11) is -3.99. The lowest BCUT2D eigenvalue weighted by molar-refractivity contribution is -0.131. The number of hydrogen-bond acceptors (Lipinski definition) is 5. The van der Waals surface area contributed by atoms with Crippen LogP contribution in [-0.2, 0) is 20.3 Å². The molecule has 0 aliphatic heterocycles. The molecule has 1 saturated carbocycles. The van der Waals surface area contributed by atoms with Crippen LogP contribution in [-0.4, -0.2) is 51.5 Å². The summed E-state index contributed by atoms with van der Waals surface area (Å²) in [6, 6.07) is 9.13. The summed E-state index contributed by atoms with van der Waals surface area (Å²) in [5.74, 6) is 0.0896. The molecule has 1 aliphatic carbocycles. The SMILES string of the molecule is CCCC[C@H](OP(=O)(O)CCCc1ccccc1)C(=O)N[C@@H](CC1CCCCC1)[C@@H](O)C(O)CC(C)C. The van der Waals surface area contributed by atoms with E-state index in [2.05, 4.69) is 5.32 Å². The molecule has 0 radical (unpaired) electrons. The van der Waals surface area contributed by atoms with E-state index >= 15 is 0 Å². The molecule has 0 bridgehead atoms. The summed E-state index contributed by atoms with van der Waals surface area (Å²) in [5, 5.41) is 24.6. The molecule has 5 atom stereocenters. The Morgan fingerprint density at radius 2 is 1.78 bits per heavy atom. The van der Waals surface area contributed by atoms with Gasteiger partial charge in [-0.3, -0.25) is 13.9 Å². The number of benzene rings is 1. The molecule has 1 aromatic carbocycles. The number of unbranched alkanes of at least 4 members (excludes halogenated alkanes) is 1. The molecule has 0 saturated heterocycles. The molecule has 0 aromatic heterocycles. The number of aryl methyl sites for hydroxylation is 1. The van der Waals surface area contributed by atoms with Gasteiger partial charge in [0.2, 0.25) is 5.91 Å². The Hall–Kier alpha value is -1.24. The first-order valence-electron chi connectivity index (χ1n) is 14.3. The van der Waals surface area contributed by atoms with Gasteiger partial charge in [0.1, 0.15) is 12.2 Å². The van der Waals surface area contributed by atoms with Gasteiger partial charge in [0, 0.05) is 0 Å². The third kappa shape index (κ3) is 12.4. The summed E-state index contributed by atoms with van der Waals surface area (Å²) in [5.41, 5.74) is 1.09. The minimum absolute atomic E-state index is 0.0287. The zero-order chi connectivity index (χ0) is 27.3. The number of amides is 1. The van der Waals surface area contributed by atoms with Crippen LogP contribution in [0.15, 0.2) is 30.3 Å². The molecule has 37 heavy (non-hydrogen) atoms. The quantitative estimate of drug-likeness (QED) is 0.192. The van der Waals surface area contributed by atoms with Gasteiger partial charge in [0.25, 0.3) is 0 Å². The summed E-state index contributed by atoms with van der Waals surface area (Å²) in [6.07, 6.45) is 6.36. The van der Waals surface area contributed by atoms with Gasteiger partial charge in [-0.1, -0.05) is 96.0 Å². The van der Waals surface area contributed by atoms with Crippen molar-refractivity contribution < 1.29 is 29.0 Å². The first-order chi connectivity index (χ1) is 17.6. The second kappa shape index (κ2) is 16.7. The molecule has 0 spiro atoms. The molecule has 2 rings (SSSR count). The Bertz CT molecular complexity index is 814. The molecule has 1 amide bonds. The Balaban J connectivity index is 2.06. The second-order valence-corrected chi connectivity index (χ2v) is 13.2. The number of aliphatic hydroxyl groups excluding tert-OH is 2. The van der Waals surface area contributed by atoms with Crippen LogP contribution in [0.5, 0.6) is 0 Å². The first-order valence-corrected chi connectivity index (χ1v) is 16.1. The minimum Gasteiger partial charge on any atom is -0.390 e. The Kier molecular flexibility index (Phi) is 14.4. The highest BCUT2D eigenvalue weighted by atomic mass is 31.2. The van der Waals surface area contributed by atoms with Crippen LogP contribution in [0.25, 0.3) is 0 Å². The van der Waals surface area contributed by atoms with Gasteiger partial charge in [0.05, 0.1) is 18.3 Å². The smallest absolute Gasteiger partial charge is 0.328 e. The Morgan fingerprint density at radius 3 is 2.41 bits per heavy atom. The lowest BCUT2D eigenvalue weighted by Gasteiger charge is -2.33. The van der Waals surface area contributed by atoms with Crippen LogP contribution in [0.3, 0.4) is 0 Å². The van der Waals surface area contributed by atoms with Crippen LogP contribution in [0, 0.1) is 11.8 Å². The molecular formula is C29H50NO6P. The van der Waals surface area contributed by atoms with E-state index in [0.717, 1.165) is 37.7 Å². The van der Waals surface area contributed by atoms with Crippen LogP contribution >= 0.6 is 7.60 Å². The van der Waals surface area contributed by atoms with Crippen molar-refractivity contribution in [1.29, 1.82) is 0 Å². The molecular weight excluding hydrogens is 489 g/mol. The fraction of sp³-hybridized carbons (Fsp3) is 0.759. The van der Waals surface area contributed by atoms with Crippen LogP contribution in [0.2, 0.25) is 0 Å². The lowest BCUT2D eigenvalue weighted by Crippen LogP contribution is -2.52. The van der Waals surface area contributed by atoms with Crippen molar-refractivity contribution in [1.82, 2.24) is 5.32 Å². The lowest BCUT2D eigenvalue weighted by atomic mass is 9.82. The van der Waals surface area contributed by atoms with E-state index in [1.165, 1.54) is 6.42 Å². The zero-order valence-corrected chi connectivity index (χ0v) is 24.0. The van der Waals surface area contributed by atoms with Gasteiger partial charge in [-0.05, 0) is 49.5 Å². The van der Waals surface area contributed by atoms with Crippen molar-refractivity contribution in [3.8, 4) is 0 Å². The number of rotatable bonds is 17. The number of carbonyl (C=O) groups excluding carboxylic acids is 1. The monoisotopic (exact) mass is 539 g/mol. The van der Waals surface area contributed by atoms with E-state index in [0.29, 0.717) is 44.4 Å². The van der Waals surface area contributed by atoms with Crippen molar-refractivity contribution in [2.45, 2.75) is 122 Å². The first kappa shape index (κ1) is 32.0. The molecule has 1 fully saturated rings. The van der Waals surface area contributed by atoms with Crippen molar-refractivity contribution >= 4 is 13.5 Å². The standard InChI is InChI=1S/C29H50NO6P/c1-4-5-18-27(36-37(34,35)19-12-17-23-13-8-6-9-14-23)29(33)30-25(21-24-15-10-7-11-16-24)28(32)26(31)20-22(2)3/h6,8-9,13-14,22,24-28,31-32H,4-5,7,10-12,15-21H2,1-3H3,(H,30,33)(H,34,35)/t25-,26?,27-,28+/m0/s1. The van der Waals surface area contributed by atoms with Gasteiger partial charge in [-0.2, -0.15) is 0 Å². The fourth-order valence-corrected chi connectivity index (χ4v) is 6.49. The van der Waals surface area contributed by atoms with E-state index in [-0.39, 0.29) is 12.1 Å². The van der Waals surface area contributed by atoms with Gasteiger partial charge >= 0.3 is 7.60 Å². The highest BCUT2D eigenvalue weighted by Crippen LogP contribution is 2.45. The van der Waals surface area contributed by atoms with Crippen LogP contribution in [0.4, 0.5) is 0 Å². The molecule has 212 valence electrons. The average Bonchev–Trinajstić information content (AvgIpc) is 2.86. The van der Waals surface area contributed by atoms with Gasteiger partial charge in [-0.25, -0.2) is 0 Å². The summed E-state index contributed by atoms with van der Waals surface area (Å²) in [4.78, 5) is 23.9. The molecule has 0 heterocycles. The Morgan fingerprint density at radius 1 is 1.11 bits per heavy atom. The summed E-state index contributed by atoms with van der Waals surface area (Å²) < 4.78 is 18.5. The number of aliphatic hydroxyl groups is 2. The van der Waals surface area contributed by atoms with Crippen LogP contribution in [0.1, 0.15) is 97.0 Å². The van der Waals surface area contributed by atoms with Crippen molar-refractivity contribution in [2.24, 2.45) is 11.8 Å². The van der Waals surface area contributed by atoms with Gasteiger partial charge in [0.15, 0.2) is 0 Å². The molecule has 1 aromatic rings. The normalized spacial score (nSPS) is 19.6. The zero-order valence-electron chi connectivity index (χ0n) is 23.1. The minimum atomic E-state index is -3.99. The van der Waals surface area contributed by atoms with E-state index < -0.39 is 37.9 Å². The highest BCUT2D eigenvalue weighted by Gasteiger charge is 2.35. The maximum atomic E-state index is 13.4. The molecule has 2 unspecified atom stereocenters. The van der Waals surface area contributed by atoms with Crippen molar-refractivity contribution in [3.05, 3.63) is 35.9 Å². The average molecular weight is 540 g/mol. The number of carbonyl (C=O) groups is 1. The fourth-order valence-electron chi connectivity index (χ4n) is 5.23. The van der Waals surface area contributed by atoms with E-state index in [4.69, 9.17) is 4.52 Å². The van der Waals surface area contributed by atoms with E-state index in [9.17, 15) is 24.5 Å². The van der Waals surface area contributed by atoms with Crippen molar-refractivity contribution in [2.75, 3.05) is 6.16 Å². The maximum Gasteiger partial charge on any atom is 0.328 e. The largest absolute Gasteiger partial charge is 0.390 e. The van der Waals surface area contributed by atoms with Gasteiger partial charge in [-0.15, -0.1) is 0 Å². The second-order valence-electron chi connectivity index (χ2n) is 11.2. The third-order valence-electron chi connectivity index (χ3n) is 7.31. The third-order valence-corrected chi connectivity index (χ3v) is 8.78. The topological polar surface area (TPSA) is 116 Å². The molecule has 8 heteroatoms. The predicted octanol–water partition coefficient (Wildman–Crippen LogP) is 5.60. The number of hydrogen-bond donors (Lipinski definition) is 4. The Labute approximate surface area is 223 Å². The van der Waals surface area contributed by atoms with Gasteiger partial charge < -0.3 is 20.4 Å². The van der Waals surface area contributed by atoms with E-state index in [1.54, 1.807) is 0 Å². The number of nitrogens with one attached hydrogen (secondary N) is 1. The highest BCUT2D eigenvalue weighted by molar-refractivity contribution is 7.52.